The summed E-state index contributed by atoms with van der Waals surface area (Å²) in [5.74, 6) is 2.20. The number of piperidine rings is 1. The molecule has 33 heavy (non-hydrogen) atoms. The van der Waals surface area contributed by atoms with E-state index in [0.29, 0.717) is 23.5 Å². The number of anilines is 2. The van der Waals surface area contributed by atoms with E-state index in [2.05, 4.69) is 43.4 Å². The highest BCUT2D eigenvalue weighted by atomic mass is 32.2. The molecule has 7 rings (SSSR count). The molecule has 1 saturated carbocycles. The molecule has 1 saturated heterocycles. The third-order valence-electron chi connectivity index (χ3n) is 7.07. The van der Waals surface area contributed by atoms with Crippen LogP contribution in [0.25, 0.3) is 22.3 Å². The van der Waals surface area contributed by atoms with Crippen LogP contribution in [-0.4, -0.2) is 51.1 Å². The van der Waals surface area contributed by atoms with Crippen molar-refractivity contribution in [1.82, 2.24) is 24.9 Å². The van der Waals surface area contributed by atoms with E-state index in [0.717, 1.165) is 52.3 Å². The summed E-state index contributed by atoms with van der Waals surface area (Å²) in [7, 11) is 1.97. The fourth-order valence-electron chi connectivity index (χ4n) is 5.31. The van der Waals surface area contributed by atoms with Crippen LogP contribution in [0.1, 0.15) is 11.3 Å². The number of nitrogens with two attached hydrogens (primary N) is 1. The maximum Gasteiger partial charge on any atom is 0.194 e. The molecule has 3 aromatic heterocycles. The van der Waals surface area contributed by atoms with Gasteiger partial charge in [0.25, 0.3) is 0 Å². The van der Waals surface area contributed by atoms with Crippen molar-refractivity contribution in [3.05, 3.63) is 54.1 Å². The summed E-state index contributed by atoms with van der Waals surface area (Å²) in [6, 6.07) is 8.76. The average molecular weight is 455 g/mol. The van der Waals surface area contributed by atoms with Crippen molar-refractivity contribution in [1.29, 1.82) is 0 Å². The third kappa shape index (κ3) is 2.99. The summed E-state index contributed by atoms with van der Waals surface area (Å²) in [6.07, 6.45) is 5.95. The van der Waals surface area contributed by atoms with E-state index in [1.54, 1.807) is 12.4 Å². The Kier molecular flexibility index (Phi) is 4.13. The molecular weight excluding hydrogens is 432 g/mol. The lowest BCUT2D eigenvalue weighted by Gasteiger charge is -2.23. The minimum atomic E-state index is 0.345. The molecule has 0 spiro atoms. The summed E-state index contributed by atoms with van der Waals surface area (Å²) in [6.45, 7) is 1.93. The minimum Gasteiger partial charge on any atom is -0.388 e. The van der Waals surface area contributed by atoms with Gasteiger partial charge >= 0.3 is 0 Å². The Morgan fingerprint density at radius 2 is 1.94 bits per heavy atom. The smallest absolute Gasteiger partial charge is 0.194 e. The van der Waals surface area contributed by atoms with Crippen molar-refractivity contribution in [3.8, 4) is 11.1 Å². The lowest BCUT2D eigenvalue weighted by molar-refractivity contribution is 0.727. The van der Waals surface area contributed by atoms with Crippen molar-refractivity contribution >= 4 is 34.4 Å². The minimum absolute atomic E-state index is 0.345. The molecule has 0 amide bonds. The number of hydrogen-bond donors (Lipinski definition) is 2. The zero-order valence-corrected chi connectivity index (χ0v) is 18.9. The van der Waals surface area contributed by atoms with Crippen LogP contribution in [0.5, 0.6) is 0 Å². The first kappa shape index (κ1) is 19.2. The number of pyridine rings is 1. The van der Waals surface area contributed by atoms with Crippen LogP contribution in [0, 0.1) is 11.8 Å². The average Bonchev–Trinajstić information content (AvgIpc) is 3.20. The van der Waals surface area contributed by atoms with E-state index in [-0.39, 0.29) is 0 Å². The maximum absolute atomic E-state index is 6.23. The second-order valence-corrected chi connectivity index (χ2v) is 9.93. The fraction of sp³-hybridized carbons (Fsp3) is 0.292. The van der Waals surface area contributed by atoms with Crippen LogP contribution in [0.3, 0.4) is 0 Å². The Labute approximate surface area is 195 Å². The Balaban J connectivity index is 1.32. The normalized spacial score (nSPS) is 22.2. The van der Waals surface area contributed by atoms with Gasteiger partial charge in [-0.05, 0) is 46.9 Å². The number of benzene rings is 1. The van der Waals surface area contributed by atoms with E-state index in [1.165, 1.54) is 28.5 Å². The van der Waals surface area contributed by atoms with Gasteiger partial charge in [-0.25, -0.2) is 19.9 Å². The van der Waals surface area contributed by atoms with E-state index in [9.17, 15) is 0 Å². The number of nitrogens with zero attached hydrogens (tertiary/aromatic N) is 6. The quantitative estimate of drug-likeness (QED) is 0.396. The number of aromatic nitrogens is 5. The van der Waals surface area contributed by atoms with Crippen molar-refractivity contribution in [2.45, 2.75) is 22.5 Å². The van der Waals surface area contributed by atoms with Crippen molar-refractivity contribution < 1.29 is 0 Å². The van der Waals surface area contributed by atoms with Crippen LogP contribution >= 0.6 is 11.8 Å². The zero-order valence-electron chi connectivity index (χ0n) is 18.1. The lowest BCUT2D eigenvalue weighted by atomic mass is 10.1. The standard InChI is InChI=1S/C24H22N8S/c1-26-17-4-2-3-13-14(17)8-18-20(13)23(32-10-15-16(11-32)21(15)25)31-24(30-18)33-12-7-19-22(29-9-12)28-6-5-27-19/h2-7,9,15-16,21,26H,8,10-11,25H2,1H3. The Hall–Kier alpha value is -3.30. The molecule has 2 aliphatic carbocycles. The first-order chi connectivity index (χ1) is 16.2. The van der Waals surface area contributed by atoms with Gasteiger partial charge in [0.05, 0.1) is 5.69 Å². The molecule has 3 N–H and O–H groups in total. The molecule has 9 heteroatoms. The number of rotatable bonds is 4. The van der Waals surface area contributed by atoms with E-state index < -0.39 is 0 Å². The first-order valence-electron chi connectivity index (χ1n) is 11.2. The number of fused-ring (bicyclic) bond motifs is 5. The molecule has 0 radical (unpaired) electrons. The van der Waals surface area contributed by atoms with Crippen LogP contribution in [0.15, 0.2) is 52.9 Å². The number of hydrogen-bond acceptors (Lipinski definition) is 9. The topological polar surface area (TPSA) is 106 Å². The summed E-state index contributed by atoms with van der Waals surface area (Å²) in [5, 5.41) is 4.07. The van der Waals surface area contributed by atoms with Crippen molar-refractivity contribution in [3.63, 3.8) is 0 Å². The largest absolute Gasteiger partial charge is 0.388 e. The zero-order chi connectivity index (χ0) is 22.1. The summed E-state index contributed by atoms with van der Waals surface area (Å²) >= 11 is 1.52. The Morgan fingerprint density at radius 1 is 1.09 bits per heavy atom. The van der Waals surface area contributed by atoms with Gasteiger partial charge in [-0.15, -0.1) is 0 Å². The molecule has 2 unspecified atom stereocenters. The molecule has 164 valence electrons. The predicted octanol–water partition coefficient (Wildman–Crippen LogP) is 2.97. The summed E-state index contributed by atoms with van der Waals surface area (Å²) < 4.78 is 0. The second kappa shape index (κ2) is 7.10. The van der Waals surface area contributed by atoms with Crippen LogP contribution in [0.2, 0.25) is 0 Å². The Morgan fingerprint density at radius 3 is 2.79 bits per heavy atom. The monoisotopic (exact) mass is 454 g/mol. The third-order valence-corrected chi connectivity index (χ3v) is 7.90. The van der Waals surface area contributed by atoms with Gasteiger partial charge in [0.15, 0.2) is 10.8 Å². The Bertz CT molecular complexity index is 1410. The molecule has 1 aromatic carbocycles. The van der Waals surface area contributed by atoms with Crippen LogP contribution < -0.4 is 16.0 Å². The molecule has 4 aromatic rings. The van der Waals surface area contributed by atoms with Gasteiger partial charge in [0.2, 0.25) is 0 Å². The number of nitrogens with one attached hydrogen (secondary N) is 1. The fourth-order valence-corrected chi connectivity index (χ4v) is 6.08. The van der Waals surface area contributed by atoms with Gasteiger partial charge < -0.3 is 16.0 Å². The van der Waals surface area contributed by atoms with Crippen LogP contribution in [-0.2, 0) is 6.42 Å². The van der Waals surface area contributed by atoms with Gasteiger partial charge in [-0.2, -0.15) is 0 Å². The highest BCUT2D eigenvalue weighted by Crippen LogP contribution is 2.50. The SMILES string of the molecule is CNc1cccc2c1Cc1nc(Sc3cnc4nccnc4c3)nc(N3CC4C(N)C4C3)c1-2. The molecule has 2 atom stereocenters. The molecular formula is C24H22N8S. The van der Waals surface area contributed by atoms with Gasteiger partial charge in [-0.3, -0.25) is 4.98 Å². The summed E-state index contributed by atoms with van der Waals surface area (Å²) in [5.41, 5.74) is 13.6. The molecule has 0 bridgehead atoms. The van der Waals surface area contributed by atoms with Crippen molar-refractivity contribution in [2.24, 2.45) is 17.6 Å². The van der Waals surface area contributed by atoms with Crippen LogP contribution in [0.4, 0.5) is 11.5 Å². The predicted molar refractivity (Wildman–Crippen MR) is 128 cm³/mol. The van der Waals surface area contributed by atoms with Gasteiger partial charge in [-0.1, -0.05) is 12.1 Å². The second-order valence-electron chi connectivity index (χ2n) is 8.89. The van der Waals surface area contributed by atoms with E-state index >= 15 is 0 Å². The summed E-state index contributed by atoms with van der Waals surface area (Å²) in [4.78, 5) is 26.5. The highest BCUT2D eigenvalue weighted by Gasteiger charge is 2.54. The molecule has 2 fully saturated rings. The molecule has 8 nitrogen and oxygen atoms in total. The maximum atomic E-state index is 6.23. The molecule has 4 heterocycles. The molecule has 3 aliphatic rings. The lowest BCUT2D eigenvalue weighted by Crippen LogP contribution is -2.29. The highest BCUT2D eigenvalue weighted by molar-refractivity contribution is 7.99. The van der Waals surface area contributed by atoms with Gasteiger partial charge in [0.1, 0.15) is 11.3 Å². The van der Waals surface area contributed by atoms with E-state index in [1.807, 2.05) is 19.3 Å². The molecule has 1 aliphatic heterocycles. The first-order valence-corrected chi connectivity index (χ1v) is 12.0. The van der Waals surface area contributed by atoms with E-state index in [4.69, 9.17) is 15.7 Å². The van der Waals surface area contributed by atoms with Crippen molar-refractivity contribution in [2.75, 3.05) is 30.4 Å². The van der Waals surface area contributed by atoms with Gasteiger partial charge in [0, 0.05) is 67.3 Å².